The summed E-state index contributed by atoms with van der Waals surface area (Å²) < 4.78 is 16.0. The minimum atomic E-state index is -0.789. The second kappa shape index (κ2) is 7.40. The quantitative estimate of drug-likeness (QED) is 0.353. The molecule has 2 aromatic carbocycles. The number of benzene rings is 2. The SMILES string of the molecule is CCOC(=O)c1c(-c2ccc(O)c(OC)c2)c2c(=O)[nH]c3ccccc3c2oc1=N. The lowest BCUT2D eigenvalue weighted by Gasteiger charge is -2.14. The van der Waals surface area contributed by atoms with E-state index in [1.54, 1.807) is 31.2 Å². The predicted molar refractivity (Wildman–Crippen MR) is 110 cm³/mol. The number of methoxy groups -OCH3 is 1. The van der Waals surface area contributed by atoms with E-state index in [0.29, 0.717) is 16.5 Å². The van der Waals surface area contributed by atoms with Crippen molar-refractivity contribution in [3.05, 3.63) is 63.9 Å². The minimum Gasteiger partial charge on any atom is -0.504 e. The Labute approximate surface area is 169 Å². The molecule has 4 rings (SSSR count). The summed E-state index contributed by atoms with van der Waals surface area (Å²) in [5.74, 6) is -0.739. The highest BCUT2D eigenvalue weighted by Crippen LogP contribution is 2.36. The molecule has 0 bridgehead atoms. The molecule has 0 aliphatic rings. The maximum atomic E-state index is 13.0. The molecule has 3 N–H and O–H groups in total. The van der Waals surface area contributed by atoms with Gasteiger partial charge in [0.15, 0.2) is 17.1 Å². The maximum Gasteiger partial charge on any atom is 0.344 e. The number of hydrogen-bond acceptors (Lipinski definition) is 7. The van der Waals surface area contributed by atoms with Crippen molar-refractivity contribution < 1.29 is 23.8 Å². The Bertz CT molecular complexity index is 1420. The highest BCUT2D eigenvalue weighted by molar-refractivity contribution is 6.11. The highest BCUT2D eigenvalue weighted by atomic mass is 16.5. The van der Waals surface area contributed by atoms with E-state index < -0.39 is 17.1 Å². The van der Waals surface area contributed by atoms with Crippen LogP contribution in [0.2, 0.25) is 0 Å². The zero-order valence-corrected chi connectivity index (χ0v) is 16.2. The number of esters is 1. The third-order valence-corrected chi connectivity index (χ3v) is 4.75. The van der Waals surface area contributed by atoms with Crippen molar-refractivity contribution in [3.63, 3.8) is 0 Å². The fourth-order valence-corrected chi connectivity index (χ4v) is 3.46. The number of fused-ring (bicyclic) bond motifs is 3. The number of phenolic OH excluding ortho intramolecular Hbond substituents is 1. The summed E-state index contributed by atoms with van der Waals surface area (Å²) in [7, 11) is 1.39. The zero-order valence-electron chi connectivity index (χ0n) is 16.2. The Morgan fingerprint density at radius 1 is 1.23 bits per heavy atom. The number of phenols is 1. The molecule has 0 amide bonds. The van der Waals surface area contributed by atoms with Gasteiger partial charge in [0.25, 0.3) is 5.56 Å². The van der Waals surface area contributed by atoms with Gasteiger partial charge in [-0.15, -0.1) is 0 Å². The largest absolute Gasteiger partial charge is 0.504 e. The number of nitrogens with one attached hydrogen (secondary N) is 2. The number of H-pyrrole nitrogens is 1. The molecular weight excluding hydrogens is 388 g/mol. The van der Waals surface area contributed by atoms with Gasteiger partial charge in [-0.2, -0.15) is 0 Å². The van der Waals surface area contributed by atoms with Gasteiger partial charge in [0.05, 0.1) is 24.6 Å². The van der Waals surface area contributed by atoms with Crippen LogP contribution in [0.5, 0.6) is 11.5 Å². The van der Waals surface area contributed by atoms with Crippen LogP contribution in [0.25, 0.3) is 33.0 Å². The van der Waals surface area contributed by atoms with Crippen molar-refractivity contribution in [1.82, 2.24) is 4.98 Å². The van der Waals surface area contributed by atoms with Crippen LogP contribution in [-0.2, 0) is 4.74 Å². The highest BCUT2D eigenvalue weighted by Gasteiger charge is 2.25. The number of aromatic amines is 1. The Morgan fingerprint density at radius 3 is 2.73 bits per heavy atom. The second-order valence-electron chi connectivity index (χ2n) is 6.49. The van der Waals surface area contributed by atoms with E-state index in [4.69, 9.17) is 19.3 Å². The molecule has 2 aromatic heterocycles. The van der Waals surface area contributed by atoms with Gasteiger partial charge >= 0.3 is 5.97 Å². The van der Waals surface area contributed by atoms with E-state index in [-0.39, 0.29) is 40.2 Å². The molecule has 0 fully saturated rings. The molecule has 0 radical (unpaired) electrons. The molecule has 0 atom stereocenters. The van der Waals surface area contributed by atoms with Crippen molar-refractivity contribution in [1.29, 1.82) is 5.41 Å². The summed E-state index contributed by atoms with van der Waals surface area (Å²) >= 11 is 0. The van der Waals surface area contributed by atoms with Gasteiger partial charge in [-0.05, 0) is 36.8 Å². The zero-order chi connectivity index (χ0) is 21.4. The van der Waals surface area contributed by atoms with Gasteiger partial charge in [-0.25, -0.2) is 4.79 Å². The molecule has 8 nitrogen and oxygen atoms in total. The van der Waals surface area contributed by atoms with Crippen LogP contribution in [0.1, 0.15) is 17.3 Å². The number of para-hydroxylation sites is 1. The summed E-state index contributed by atoms with van der Waals surface area (Å²) in [6.45, 7) is 1.73. The Morgan fingerprint density at radius 2 is 2.00 bits per heavy atom. The molecule has 0 unspecified atom stereocenters. The Balaban J connectivity index is 2.23. The molecule has 0 saturated carbocycles. The van der Waals surface area contributed by atoms with Crippen LogP contribution in [0.4, 0.5) is 0 Å². The molecule has 30 heavy (non-hydrogen) atoms. The number of pyridine rings is 1. The van der Waals surface area contributed by atoms with E-state index in [9.17, 15) is 14.7 Å². The van der Waals surface area contributed by atoms with Crippen molar-refractivity contribution >= 4 is 27.8 Å². The lowest BCUT2D eigenvalue weighted by molar-refractivity contribution is 0.0522. The smallest absolute Gasteiger partial charge is 0.344 e. The van der Waals surface area contributed by atoms with E-state index >= 15 is 0 Å². The van der Waals surface area contributed by atoms with Crippen LogP contribution >= 0.6 is 0 Å². The summed E-state index contributed by atoms with van der Waals surface area (Å²) in [6.07, 6.45) is 0. The number of aromatic hydroxyl groups is 1. The van der Waals surface area contributed by atoms with Gasteiger partial charge < -0.3 is 24.0 Å². The second-order valence-corrected chi connectivity index (χ2v) is 6.49. The number of rotatable bonds is 4. The van der Waals surface area contributed by atoms with E-state index in [1.807, 2.05) is 0 Å². The van der Waals surface area contributed by atoms with Gasteiger partial charge in [-0.1, -0.05) is 18.2 Å². The topological polar surface area (TPSA) is 126 Å². The van der Waals surface area contributed by atoms with Gasteiger partial charge in [-0.3, -0.25) is 10.2 Å². The number of carbonyl (C=O) groups is 1. The van der Waals surface area contributed by atoms with E-state index in [2.05, 4.69) is 4.98 Å². The third-order valence-electron chi connectivity index (χ3n) is 4.75. The van der Waals surface area contributed by atoms with Crippen molar-refractivity contribution in [2.24, 2.45) is 0 Å². The molecule has 152 valence electrons. The number of hydrogen-bond donors (Lipinski definition) is 3. The van der Waals surface area contributed by atoms with Gasteiger partial charge in [0.2, 0.25) is 5.55 Å². The summed E-state index contributed by atoms with van der Waals surface area (Å²) in [6, 6.07) is 11.4. The standard InChI is InChI=1S/C22H18N2O6/c1-3-29-22(27)18-16(11-8-9-14(25)15(10-11)28-2)17-19(30-20(18)23)12-6-4-5-7-13(12)24-21(17)26/h4-10,23,25H,3H2,1-2H3,(H,24,26). The molecule has 0 aliphatic heterocycles. The van der Waals surface area contributed by atoms with Crippen LogP contribution in [0.3, 0.4) is 0 Å². The minimum absolute atomic E-state index is 0.0860. The third kappa shape index (κ3) is 2.98. The molecule has 4 aromatic rings. The van der Waals surface area contributed by atoms with Gasteiger partial charge in [0, 0.05) is 10.9 Å². The Hall–Kier alpha value is -4.07. The molecule has 0 saturated heterocycles. The van der Waals surface area contributed by atoms with Crippen molar-refractivity contribution in [2.75, 3.05) is 13.7 Å². The van der Waals surface area contributed by atoms with Gasteiger partial charge in [0.1, 0.15) is 5.56 Å². The molecular formula is C22H18N2O6. The number of ether oxygens (including phenoxy) is 2. The summed E-state index contributed by atoms with van der Waals surface area (Å²) in [5, 5.41) is 19.0. The molecule has 0 spiro atoms. The summed E-state index contributed by atoms with van der Waals surface area (Å²) in [4.78, 5) is 28.5. The maximum absolute atomic E-state index is 13.0. The first kappa shape index (κ1) is 19.3. The summed E-state index contributed by atoms with van der Waals surface area (Å²) in [5.41, 5.74) is 0.176. The first-order chi connectivity index (χ1) is 14.5. The predicted octanol–water partition coefficient (Wildman–Crippen LogP) is 3.31. The Kier molecular flexibility index (Phi) is 4.75. The first-order valence-corrected chi connectivity index (χ1v) is 9.17. The molecule has 2 heterocycles. The van der Waals surface area contributed by atoms with Crippen LogP contribution in [0, 0.1) is 5.41 Å². The van der Waals surface area contributed by atoms with E-state index in [0.717, 1.165) is 0 Å². The lowest BCUT2D eigenvalue weighted by Crippen LogP contribution is -2.21. The monoisotopic (exact) mass is 406 g/mol. The fraction of sp³-hybridized carbons (Fsp3) is 0.136. The normalized spacial score (nSPS) is 11.0. The number of carbonyl (C=O) groups excluding carboxylic acids is 1. The van der Waals surface area contributed by atoms with Crippen LogP contribution < -0.4 is 15.9 Å². The van der Waals surface area contributed by atoms with Crippen LogP contribution in [0.15, 0.2) is 51.7 Å². The average molecular weight is 406 g/mol. The first-order valence-electron chi connectivity index (χ1n) is 9.17. The van der Waals surface area contributed by atoms with Crippen molar-refractivity contribution in [3.8, 4) is 22.6 Å². The average Bonchev–Trinajstić information content (AvgIpc) is 2.73. The van der Waals surface area contributed by atoms with Crippen LogP contribution in [-0.4, -0.2) is 29.8 Å². The van der Waals surface area contributed by atoms with E-state index in [1.165, 1.54) is 25.3 Å². The molecule has 8 heteroatoms. The molecule has 0 aliphatic carbocycles. The fourth-order valence-electron chi connectivity index (χ4n) is 3.46. The number of aromatic nitrogens is 1. The lowest BCUT2D eigenvalue weighted by atomic mass is 9.96. The van der Waals surface area contributed by atoms with Crippen molar-refractivity contribution in [2.45, 2.75) is 6.92 Å².